The number of esters is 1. The zero-order valence-corrected chi connectivity index (χ0v) is 23.2. The number of rotatable bonds is 1. The highest BCUT2D eigenvalue weighted by atomic mass is 16.5. The number of methoxy groups -OCH3 is 1. The fourth-order valence-corrected chi connectivity index (χ4v) is 9.95. The molecular formula is C31H46O4. The molecule has 0 bridgehead atoms. The van der Waals surface area contributed by atoms with Gasteiger partial charge in [-0.3, -0.25) is 9.59 Å². The van der Waals surface area contributed by atoms with Crippen LogP contribution in [0.2, 0.25) is 0 Å². The summed E-state index contributed by atoms with van der Waals surface area (Å²) < 4.78 is 5.25. The average Bonchev–Trinajstić information content (AvgIpc) is 2.77. The minimum atomic E-state index is -0.452. The van der Waals surface area contributed by atoms with Gasteiger partial charge in [-0.25, -0.2) is 0 Å². The number of ketones is 1. The molecule has 0 saturated heterocycles. The molecule has 0 spiro atoms. The van der Waals surface area contributed by atoms with Crippen LogP contribution in [-0.2, 0) is 14.3 Å². The molecule has 4 heteroatoms. The van der Waals surface area contributed by atoms with Gasteiger partial charge in [-0.2, -0.15) is 0 Å². The fourth-order valence-electron chi connectivity index (χ4n) is 9.95. The number of ether oxygens (including phenoxy) is 1. The highest BCUT2D eigenvalue weighted by molar-refractivity contribution is 5.87. The summed E-state index contributed by atoms with van der Waals surface area (Å²) in [6.45, 7) is 15.8. The van der Waals surface area contributed by atoms with Crippen molar-refractivity contribution in [1.82, 2.24) is 0 Å². The van der Waals surface area contributed by atoms with Gasteiger partial charge in [0, 0.05) is 23.2 Å². The van der Waals surface area contributed by atoms with E-state index in [0.717, 1.165) is 44.9 Å². The lowest BCUT2D eigenvalue weighted by atomic mass is 9.36. The van der Waals surface area contributed by atoms with E-state index in [2.05, 4.69) is 60.6 Å². The lowest BCUT2D eigenvalue weighted by molar-refractivity contribution is -0.162. The van der Waals surface area contributed by atoms with E-state index in [0.29, 0.717) is 18.1 Å². The Labute approximate surface area is 212 Å². The van der Waals surface area contributed by atoms with Crippen LogP contribution < -0.4 is 0 Å². The highest BCUT2D eigenvalue weighted by Crippen LogP contribution is 2.73. The summed E-state index contributed by atoms with van der Waals surface area (Å²) in [5, 5.41) is 10.9. The maximum atomic E-state index is 14.0. The van der Waals surface area contributed by atoms with E-state index in [9.17, 15) is 14.7 Å². The van der Waals surface area contributed by atoms with Gasteiger partial charge in [-0.1, -0.05) is 64.8 Å². The van der Waals surface area contributed by atoms with Crippen molar-refractivity contribution >= 4 is 11.8 Å². The Kier molecular flexibility index (Phi) is 5.29. The zero-order chi connectivity index (χ0) is 25.8. The largest absolute Gasteiger partial charge is 0.469 e. The van der Waals surface area contributed by atoms with Crippen molar-refractivity contribution in [3.05, 3.63) is 23.3 Å². The molecule has 0 aromatic carbocycles. The molecule has 194 valence electrons. The van der Waals surface area contributed by atoms with E-state index in [1.54, 1.807) is 0 Å². The first-order valence-corrected chi connectivity index (χ1v) is 13.8. The number of Topliss-reactive ketones (excluding diaryl/α,β-unsaturated/α-hetero) is 1. The summed E-state index contributed by atoms with van der Waals surface area (Å²) in [4.78, 5) is 26.8. The Balaban J connectivity index is 1.64. The van der Waals surface area contributed by atoms with Crippen molar-refractivity contribution in [3.63, 3.8) is 0 Å². The smallest absolute Gasteiger partial charge is 0.311 e. The third-order valence-electron chi connectivity index (χ3n) is 12.5. The molecule has 0 unspecified atom stereocenters. The van der Waals surface area contributed by atoms with Crippen LogP contribution in [0.25, 0.3) is 0 Å². The molecule has 0 aromatic heterocycles. The molecule has 0 heterocycles. The molecule has 5 aliphatic carbocycles. The molecule has 0 aromatic rings. The van der Waals surface area contributed by atoms with Gasteiger partial charge < -0.3 is 9.84 Å². The summed E-state index contributed by atoms with van der Waals surface area (Å²) in [5.41, 5.74) is 1.61. The Morgan fingerprint density at radius 1 is 0.943 bits per heavy atom. The summed E-state index contributed by atoms with van der Waals surface area (Å²) in [5.74, 6) is 0.411. The second-order valence-corrected chi connectivity index (χ2v) is 14.7. The third-order valence-corrected chi connectivity index (χ3v) is 12.5. The Bertz CT molecular complexity index is 1040. The monoisotopic (exact) mass is 482 g/mol. The van der Waals surface area contributed by atoms with Crippen LogP contribution in [-0.4, -0.2) is 30.1 Å². The van der Waals surface area contributed by atoms with Crippen molar-refractivity contribution in [2.75, 3.05) is 7.11 Å². The van der Waals surface area contributed by atoms with Crippen molar-refractivity contribution in [2.45, 2.75) is 106 Å². The molecule has 4 nitrogen and oxygen atoms in total. The minimum Gasteiger partial charge on any atom is -0.469 e. The first kappa shape index (κ1) is 25.2. The minimum absolute atomic E-state index is 0.0862. The third kappa shape index (κ3) is 3.01. The number of aliphatic hydroxyl groups is 1. The summed E-state index contributed by atoms with van der Waals surface area (Å²) in [6.07, 6.45) is 11.4. The Morgan fingerprint density at radius 2 is 1.60 bits per heavy atom. The zero-order valence-electron chi connectivity index (χ0n) is 23.2. The number of fused-ring (bicyclic) bond motifs is 7. The molecule has 8 atom stereocenters. The van der Waals surface area contributed by atoms with Crippen molar-refractivity contribution in [3.8, 4) is 0 Å². The van der Waals surface area contributed by atoms with E-state index in [1.165, 1.54) is 18.3 Å². The summed E-state index contributed by atoms with van der Waals surface area (Å²) in [7, 11) is 1.51. The van der Waals surface area contributed by atoms with Gasteiger partial charge in [0.15, 0.2) is 0 Å². The van der Waals surface area contributed by atoms with Gasteiger partial charge >= 0.3 is 5.97 Å². The van der Waals surface area contributed by atoms with Gasteiger partial charge in [-0.15, -0.1) is 0 Å². The summed E-state index contributed by atoms with van der Waals surface area (Å²) in [6, 6.07) is 0. The quantitative estimate of drug-likeness (QED) is 0.438. The first-order valence-electron chi connectivity index (χ1n) is 13.8. The topological polar surface area (TPSA) is 63.6 Å². The highest BCUT2D eigenvalue weighted by Gasteiger charge is 2.68. The maximum absolute atomic E-state index is 14.0. The van der Waals surface area contributed by atoms with E-state index in [-0.39, 0.29) is 33.5 Å². The Hall–Kier alpha value is -1.42. The number of allylic oxidation sites excluding steroid dienone is 4. The lowest BCUT2D eigenvalue weighted by Gasteiger charge is -2.67. The average molecular weight is 483 g/mol. The molecule has 5 rings (SSSR count). The molecule has 5 aliphatic rings. The van der Waals surface area contributed by atoms with Crippen molar-refractivity contribution in [2.24, 2.45) is 44.3 Å². The number of hydrogen-bond acceptors (Lipinski definition) is 4. The summed E-state index contributed by atoms with van der Waals surface area (Å²) >= 11 is 0. The van der Waals surface area contributed by atoms with Crippen LogP contribution in [0.4, 0.5) is 0 Å². The molecule has 4 fully saturated rings. The van der Waals surface area contributed by atoms with Crippen LogP contribution in [0.1, 0.15) is 99.8 Å². The fraction of sp³-hybridized carbons (Fsp3) is 0.806. The molecule has 1 N–H and O–H groups in total. The number of hydrogen-bond donors (Lipinski definition) is 1. The van der Waals surface area contributed by atoms with Gasteiger partial charge in [0.25, 0.3) is 0 Å². The number of aliphatic hydroxyl groups excluding tert-OH is 1. The van der Waals surface area contributed by atoms with E-state index < -0.39 is 16.9 Å². The maximum Gasteiger partial charge on any atom is 0.311 e. The van der Waals surface area contributed by atoms with Crippen LogP contribution in [0.3, 0.4) is 0 Å². The molecular weight excluding hydrogens is 436 g/mol. The van der Waals surface area contributed by atoms with Gasteiger partial charge in [-0.05, 0) is 74.0 Å². The molecule has 35 heavy (non-hydrogen) atoms. The lowest BCUT2D eigenvalue weighted by Crippen LogP contribution is -2.63. The van der Waals surface area contributed by atoms with Crippen LogP contribution in [0, 0.1) is 44.3 Å². The predicted octanol–water partition coefficient (Wildman–Crippen LogP) is 6.42. The second-order valence-electron chi connectivity index (χ2n) is 14.7. The molecule has 0 radical (unpaired) electrons. The second kappa shape index (κ2) is 7.33. The molecule has 0 aliphatic heterocycles. The van der Waals surface area contributed by atoms with Crippen molar-refractivity contribution in [1.29, 1.82) is 0 Å². The van der Waals surface area contributed by atoms with Gasteiger partial charge in [0.05, 0.1) is 18.6 Å². The van der Waals surface area contributed by atoms with E-state index in [4.69, 9.17) is 4.74 Å². The standard InChI is InChI=1S/C31H46O4/c1-26(2)23(33)11-12-29(5)22-10-9-19-20-17-28(4,25(34)35-8)14-13-27(20,3)15-16-30(19,6)31(22,7)18-21(32)24(26)29/h9-10,20,23-24,33H,11-18H2,1-8H3/t20-,23-,24-,27+,28+,29+,30+,31+/m0/s1. The SMILES string of the molecule is COC(=O)[C@]1(C)CC[C@]2(C)CC[C@]3(C)C(=CC=C4[C@@]5(C)CC[C@H](O)C(C)(C)[C@@H]5C(=O)C[C@]43C)[C@@H]2C1. The van der Waals surface area contributed by atoms with Crippen LogP contribution in [0.5, 0.6) is 0 Å². The van der Waals surface area contributed by atoms with E-state index in [1.807, 2.05) is 0 Å². The van der Waals surface area contributed by atoms with Crippen LogP contribution in [0.15, 0.2) is 23.3 Å². The normalized spacial score (nSPS) is 50.5. The Morgan fingerprint density at radius 3 is 2.26 bits per heavy atom. The van der Waals surface area contributed by atoms with Crippen LogP contribution >= 0.6 is 0 Å². The van der Waals surface area contributed by atoms with Gasteiger partial charge in [0.1, 0.15) is 5.78 Å². The number of carbonyl (C=O) groups is 2. The van der Waals surface area contributed by atoms with Gasteiger partial charge in [0.2, 0.25) is 0 Å². The van der Waals surface area contributed by atoms with Crippen molar-refractivity contribution < 1.29 is 19.4 Å². The molecule has 0 amide bonds. The number of carbonyl (C=O) groups excluding carboxylic acids is 2. The predicted molar refractivity (Wildman–Crippen MR) is 137 cm³/mol. The van der Waals surface area contributed by atoms with E-state index >= 15 is 0 Å². The molecule has 4 saturated carbocycles. The first-order chi connectivity index (χ1) is 16.1.